The summed E-state index contributed by atoms with van der Waals surface area (Å²) in [6, 6.07) is 7.52. The van der Waals surface area contributed by atoms with Crippen molar-refractivity contribution in [3.8, 4) is 0 Å². The van der Waals surface area contributed by atoms with Crippen molar-refractivity contribution in [2.24, 2.45) is 5.92 Å². The first-order valence-corrected chi connectivity index (χ1v) is 7.32. The Labute approximate surface area is 120 Å². The summed E-state index contributed by atoms with van der Waals surface area (Å²) in [6.07, 6.45) is -0.944. The molecule has 3 N–H and O–H groups in total. The monoisotopic (exact) mass is 298 g/mol. The Balaban J connectivity index is 2.70. The molecule has 0 aliphatic rings. The zero-order valence-electron chi connectivity index (χ0n) is 11.3. The second-order valence-corrected chi connectivity index (χ2v) is 5.89. The summed E-state index contributed by atoms with van der Waals surface area (Å²) in [4.78, 5) is 23.1. The van der Waals surface area contributed by atoms with E-state index in [0.29, 0.717) is 11.3 Å². The van der Waals surface area contributed by atoms with Crippen molar-refractivity contribution in [3.05, 3.63) is 30.3 Å². The molecule has 0 heterocycles. The maximum absolute atomic E-state index is 12.0. The van der Waals surface area contributed by atoms with Crippen molar-refractivity contribution in [2.75, 3.05) is 0 Å². The Hall–Kier alpha value is -1.89. The average molecular weight is 298 g/mol. The summed E-state index contributed by atoms with van der Waals surface area (Å²) in [6.45, 7) is 3.75. The van der Waals surface area contributed by atoms with E-state index in [2.05, 4.69) is 10.0 Å². The zero-order chi connectivity index (χ0) is 15.1. The Morgan fingerprint density at radius 3 is 2.35 bits per heavy atom. The van der Waals surface area contributed by atoms with Gasteiger partial charge in [-0.1, -0.05) is 32.0 Å². The first-order valence-electron chi connectivity index (χ1n) is 6.17. The fourth-order valence-corrected chi connectivity index (χ4v) is 2.46. The number of benzene rings is 1. The molecule has 110 valence electrons. The third kappa shape index (κ3) is 5.40. The SMILES string of the molecule is CC(C)C[C@H](NC(=O)O)C(=O)NS(=O)c1ccccc1. The Bertz CT molecular complexity index is 490. The zero-order valence-corrected chi connectivity index (χ0v) is 12.1. The van der Waals surface area contributed by atoms with E-state index in [1.54, 1.807) is 30.3 Å². The molecule has 0 saturated heterocycles. The summed E-state index contributed by atoms with van der Waals surface area (Å²) >= 11 is 0. The van der Waals surface area contributed by atoms with Gasteiger partial charge < -0.3 is 10.4 Å². The Morgan fingerprint density at radius 1 is 1.25 bits per heavy atom. The molecule has 2 atom stereocenters. The number of hydrogen-bond acceptors (Lipinski definition) is 3. The number of carbonyl (C=O) groups excluding carboxylic acids is 1. The highest BCUT2D eigenvalue weighted by Gasteiger charge is 2.23. The van der Waals surface area contributed by atoms with Crippen LogP contribution in [0.1, 0.15) is 20.3 Å². The minimum absolute atomic E-state index is 0.128. The van der Waals surface area contributed by atoms with Gasteiger partial charge in [0.25, 0.3) is 5.91 Å². The van der Waals surface area contributed by atoms with Gasteiger partial charge in [0.2, 0.25) is 0 Å². The molecule has 0 aliphatic carbocycles. The molecular formula is C13H18N2O4S. The maximum Gasteiger partial charge on any atom is 0.405 e. The van der Waals surface area contributed by atoms with E-state index < -0.39 is 29.0 Å². The normalized spacial score (nSPS) is 13.6. The maximum atomic E-state index is 12.0. The molecule has 1 unspecified atom stereocenters. The third-order valence-corrected chi connectivity index (χ3v) is 3.56. The van der Waals surface area contributed by atoms with E-state index in [4.69, 9.17) is 5.11 Å². The molecule has 0 saturated carbocycles. The predicted octanol–water partition coefficient (Wildman–Crippen LogP) is 1.51. The molecule has 0 spiro atoms. The van der Waals surface area contributed by atoms with Crippen LogP contribution in [-0.2, 0) is 15.8 Å². The second kappa shape index (κ2) is 7.64. The summed E-state index contributed by atoms with van der Waals surface area (Å²) in [5, 5.41) is 10.9. The molecule has 0 radical (unpaired) electrons. The lowest BCUT2D eigenvalue weighted by atomic mass is 10.0. The molecule has 1 aromatic carbocycles. The fraction of sp³-hybridized carbons (Fsp3) is 0.385. The van der Waals surface area contributed by atoms with Crippen LogP contribution in [0.15, 0.2) is 35.2 Å². The van der Waals surface area contributed by atoms with Gasteiger partial charge in [-0.25, -0.2) is 9.00 Å². The predicted molar refractivity (Wildman–Crippen MR) is 75.4 cm³/mol. The van der Waals surface area contributed by atoms with E-state index in [1.807, 2.05) is 13.8 Å². The van der Waals surface area contributed by atoms with Gasteiger partial charge in [-0.05, 0) is 24.5 Å². The van der Waals surface area contributed by atoms with Crippen LogP contribution in [0.25, 0.3) is 0 Å². The van der Waals surface area contributed by atoms with Gasteiger partial charge in [0.1, 0.15) is 6.04 Å². The van der Waals surface area contributed by atoms with Crippen LogP contribution in [-0.4, -0.2) is 27.4 Å². The van der Waals surface area contributed by atoms with Gasteiger partial charge >= 0.3 is 6.09 Å². The number of carbonyl (C=O) groups is 2. The molecule has 0 bridgehead atoms. The van der Waals surface area contributed by atoms with Crippen LogP contribution in [0.3, 0.4) is 0 Å². The van der Waals surface area contributed by atoms with Gasteiger partial charge in [-0.15, -0.1) is 0 Å². The highest BCUT2D eigenvalue weighted by molar-refractivity contribution is 7.83. The minimum Gasteiger partial charge on any atom is -0.465 e. The Morgan fingerprint density at radius 2 is 1.85 bits per heavy atom. The van der Waals surface area contributed by atoms with Crippen LogP contribution in [0.2, 0.25) is 0 Å². The van der Waals surface area contributed by atoms with E-state index in [1.165, 1.54) is 0 Å². The van der Waals surface area contributed by atoms with Crippen molar-refractivity contribution in [1.82, 2.24) is 10.0 Å². The highest BCUT2D eigenvalue weighted by Crippen LogP contribution is 2.07. The summed E-state index contributed by atoms with van der Waals surface area (Å²) < 4.78 is 14.2. The lowest BCUT2D eigenvalue weighted by molar-refractivity contribution is -0.121. The molecular weight excluding hydrogens is 280 g/mol. The summed E-state index contributed by atoms with van der Waals surface area (Å²) in [5.74, 6) is -0.467. The van der Waals surface area contributed by atoms with Gasteiger partial charge in [-0.3, -0.25) is 9.52 Å². The van der Waals surface area contributed by atoms with Crippen LogP contribution >= 0.6 is 0 Å². The topological polar surface area (TPSA) is 95.5 Å². The Kier molecular flexibility index (Phi) is 6.17. The average Bonchev–Trinajstić information content (AvgIpc) is 2.37. The molecule has 0 fully saturated rings. The van der Waals surface area contributed by atoms with Crippen LogP contribution in [0.5, 0.6) is 0 Å². The fourth-order valence-electron chi connectivity index (χ4n) is 1.62. The number of nitrogens with one attached hydrogen (secondary N) is 2. The van der Waals surface area contributed by atoms with Crippen LogP contribution in [0, 0.1) is 5.92 Å². The molecule has 6 nitrogen and oxygen atoms in total. The van der Waals surface area contributed by atoms with Crippen molar-refractivity contribution in [2.45, 2.75) is 31.2 Å². The standard InChI is InChI=1S/C13H18N2O4S/c1-9(2)8-11(14-13(17)18)12(16)15-20(19)10-6-4-3-5-7-10/h3-7,9,11,14H,8H2,1-2H3,(H,15,16)(H,17,18)/t11-,20?/m0/s1. The number of carboxylic acid groups (broad SMARTS) is 1. The molecule has 20 heavy (non-hydrogen) atoms. The van der Waals surface area contributed by atoms with Gasteiger partial charge in [-0.2, -0.15) is 0 Å². The van der Waals surface area contributed by atoms with E-state index in [0.717, 1.165) is 0 Å². The van der Waals surface area contributed by atoms with Gasteiger partial charge in [0.05, 0.1) is 4.90 Å². The lowest BCUT2D eigenvalue weighted by Gasteiger charge is -2.18. The molecule has 0 aromatic heterocycles. The van der Waals surface area contributed by atoms with E-state index in [9.17, 15) is 13.8 Å². The van der Waals surface area contributed by atoms with Crippen molar-refractivity contribution in [3.63, 3.8) is 0 Å². The summed E-state index contributed by atoms with van der Waals surface area (Å²) in [5.41, 5.74) is 0. The van der Waals surface area contributed by atoms with Crippen molar-refractivity contribution < 1.29 is 18.9 Å². The van der Waals surface area contributed by atoms with Crippen molar-refractivity contribution >= 4 is 23.0 Å². The molecule has 2 amide bonds. The largest absolute Gasteiger partial charge is 0.465 e. The van der Waals surface area contributed by atoms with E-state index in [-0.39, 0.29) is 5.92 Å². The minimum atomic E-state index is -1.70. The smallest absolute Gasteiger partial charge is 0.405 e. The lowest BCUT2D eigenvalue weighted by Crippen LogP contribution is -2.47. The molecule has 7 heteroatoms. The first-order chi connectivity index (χ1) is 9.40. The quantitative estimate of drug-likeness (QED) is 0.741. The van der Waals surface area contributed by atoms with Gasteiger partial charge in [0, 0.05) is 0 Å². The third-order valence-electron chi connectivity index (χ3n) is 2.47. The first kappa shape index (κ1) is 16.2. The summed E-state index contributed by atoms with van der Waals surface area (Å²) in [7, 11) is -1.70. The van der Waals surface area contributed by atoms with Crippen LogP contribution in [0.4, 0.5) is 4.79 Å². The second-order valence-electron chi connectivity index (χ2n) is 4.68. The van der Waals surface area contributed by atoms with Crippen molar-refractivity contribution in [1.29, 1.82) is 0 Å². The molecule has 0 aliphatic heterocycles. The van der Waals surface area contributed by atoms with Gasteiger partial charge in [0.15, 0.2) is 11.0 Å². The number of hydrogen-bond donors (Lipinski definition) is 3. The van der Waals surface area contributed by atoms with Crippen LogP contribution < -0.4 is 10.0 Å². The molecule has 1 rings (SSSR count). The van der Waals surface area contributed by atoms with E-state index >= 15 is 0 Å². The highest BCUT2D eigenvalue weighted by atomic mass is 32.2. The molecule has 1 aromatic rings. The number of amides is 2. The number of rotatable bonds is 6.